The van der Waals surface area contributed by atoms with E-state index in [2.05, 4.69) is 47.9 Å². The van der Waals surface area contributed by atoms with Crippen LogP contribution in [0.15, 0.2) is 41.8 Å². The molecule has 0 fully saturated rings. The summed E-state index contributed by atoms with van der Waals surface area (Å²) >= 11 is 1.81. The Morgan fingerprint density at radius 3 is 2.93 bits per heavy atom. The Morgan fingerprint density at radius 2 is 2.07 bits per heavy atom. The van der Waals surface area contributed by atoms with Gasteiger partial charge in [0.1, 0.15) is 0 Å². The molecule has 2 aromatic rings. The molecule has 0 amide bonds. The molecular formula is C13H10S. The van der Waals surface area contributed by atoms with E-state index in [4.69, 9.17) is 0 Å². The van der Waals surface area contributed by atoms with Crippen molar-refractivity contribution >= 4 is 17.4 Å². The number of fused-ring (bicyclic) bond motifs is 1. The molecule has 1 heteroatoms. The number of rotatable bonds is 1. The van der Waals surface area contributed by atoms with Crippen LogP contribution in [0.2, 0.25) is 0 Å². The maximum Gasteiger partial charge on any atom is 0.0345 e. The van der Waals surface area contributed by atoms with E-state index in [0.717, 1.165) is 6.42 Å². The molecule has 0 nitrogen and oxygen atoms in total. The van der Waals surface area contributed by atoms with E-state index >= 15 is 0 Å². The molecule has 68 valence electrons. The molecule has 1 aromatic carbocycles. The van der Waals surface area contributed by atoms with Crippen LogP contribution in [0.4, 0.5) is 0 Å². The lowest BCUT2D eigenvalue weighted by atomic mass is 10.0. The largest absolute Gasteiger partial charge is 0.144 e. The molecule has 0 atom stereocenters. The van der Waals surface area contributed by atoms with E-state index in [1.165, 1.54) is 21.6 Å². The molecule has 0 spiro atoms. The normalized spacial score (nSPS) is 13.1. The highest BCUT2D eigenvalue weighted by atomic mass is 32.1. The van der Waals surface area contributed by atoms with Gasteiger partial charge >= 0.3 is 0 Å². The summed E-state index contributed by atoms with van der Waals surface area (Å²) in [4.78, 5) is 1.38. The van der Waals surface area contributed by atoms with Crippen molar-refractivity contribution in [2.24, 2.45) is 0 Å². The predicted octanol–water partition coefficient (Wildman–Crippen LogP) is 3.98. The first-order valence-electron chi connectivity index (χ1n) is 4.77. The molecule has 0 bridgehead atoms. The minimum atomic E-state index is 1.09. The van der Waals surface area contributed by atoms with Gasteiger partial charge in [0.25, 0.3) is 0 Å². The van der Waals surface area contributed by atoms with Crippen LogP contribution in [0.5, 0.6) is 0 Å². The van der Waals surface area contributed by atoms with Crippen molar-refractivity contribution in [3.05, 3.63) is 52.9 Å². The van der Waals surface area contributed by atoms with Crippen LogP contribution in [0.3, 0.4) is 0 Å². The topological polar surface area (TPSA) is 0 Å². The lowest BCUT2D eigenvalue weighted by molar-refractivity contribution is 1.32. The summed E-state index contributed by atoms with van der Waals surface area (Å²) < 4.78 is 0. The third-order valence-electron chi connectivity index (χ3n) is 2.62. The zero-order valence-electron chi connectivity index (χ0n) is 7.73. The van der Waals surface area contributed by atoms with Gasteiger partial charge in [-0.15, -0.1) is 11.3 Å². The Hall–Kier alpha value is -1.34. The summed E-state index contributed by atoms with van der Waals surface area (Å²) in [6, 6.07) is 10.9. The first kappa shape index (κ1) is 8.01. The number of hydrogen-bond donors (Lipinski definition) is 0. The van der Waals surface area contributed by atoms with Crippen LogP contribution >= 0.6 is 11.3 Å². The van der Waals surface area contributed by atoms with E-state index in [0.29, 0.717) is 0 Å². The van der Waals surface area contributed by atoms with E-state index in [1.807, 2.05) is 11.3 Å². The van der Waals surface area contributed by atoms with Crippen LogP contribution in [0.25, 0.3) is 16.5 Å². The van der Waals surface area contributed by atoms with Crippen molar-refractivity contribution in [3.63, 3.8) is 0 Å². The highest BCUT2D eigenvalue weighted by molar-refractivity contribution is 7.13. The first-order valence-corrected chi connectivity index (χ1v) is 5.65. The molecule has 0 saturated heterocycles. The molecular weight excluding hydrogens is 188 g/mol. The van der Waals surface area contributed by atoms with Crippen molar-refractivity contribution in [2.45, 2.75) is 6.42 Å². The summed E-state index contributed by atoms with van der Waals surface area (Å²) in [5.74, 6) is 0. The molecule has 1 aliphatic rings. The molecule has 0 radical (unpaired) electrons. The van der Waals surface area contributed by atoms with Crippen molar-refractivity contribution in [1.82, 2.24) is 0 Å². The summed E-state index contributed by atoms with van der Waals surface area (Å²) in [5, 5.41) is 2.14. The lowest BCUT2D eigenvalue weighted by Gasteiger charge is -2.05. The average Bonchev–Trinajstić information content (AvgIpc) is 2.88. The fourth-order valence-electron chi connectivity index (χ4n) is 1.96. The van der Waals surface area contributed by atoms with E-state index in [-0.39, 0.29) is 0 Å². The second-order valence-corrected chi connectivity index (χ2v) is 4.40. The van der Waals surface area contributed by atoms with Crippen LogP contribution in [0, 0.1) is 0 Å². The van der Waals surface area contributed by atoms with Crippen molar-refractivity contribution in [2.75, 3.05) is 0 Å². The van der Waals surface area contributed by atoms with Gasteiger partial charge in [-0.05, 0) is 34.6 Å². The monoisotopic (exact) mass is 198 g/mol. The van der Waals surface area contributed by atoms with Gasteiger partial charge in [0.05, 0.1) is 0 Å². The third-order valence-corrected chi connectivity index (χ3v) is 3.52. The summed E-state index contributed by atoms with van der Waals surface area (Å²) in [5.41, 5.74) is 4.27. The van der Waals surface area contributed by atoms with Gasteiger partial charge in [-0.25, -0.2) is 0 Å². The maximum atomic E-state index is 2.24. The highest BCUT2D eigenvalue weighted by Crippen LogP contribution is 2.33. The molecule has 0 aliphatic heterocycles. The number of allylic oxidation sites excluding steroid dienone is 1. The third kappa shape index (κ3) is 1.13. The molecule has 14 heavy (non-hydrogen) atoms. The molecule has 1 aromatic heterocycles. The minimum Gasteiger partial charge on any atom is -0.144 e. The summed E-state index contributed by atoms with van der Waals surface area (Å²) in [6.07, 6.45) is 5.54. The van der Waals surface area contributed by atoms with Gasteiger partial charge in [0, 0.05) is 4.88 Å². The van der Waals surface area contributed by atoms with Crippen LogP contribution < -0.4 is 0 Å². The standard InChI is InChI=1S/C13H10S/c1-4-10-5-2-7-12(11(10)6-1)13-8-3-9-14-13/h1-5,7-9H,6H2. The SMILES string of the molecule is C1=Cc2cccc(-c3cccs3)c2C1. The molecule has 1 heterocycles. The van der Waals surface area contributed by atoms with Gasteiger partial charge in [0.15, 0.2) is 0 Å². The second-order valence-electron chi connectivity index (χ2n) is 3.46. The van der Waals surface area contributed by atoms with Crippen molar-refractivity contribution in [3.8, 4) is 10.4 Å². The Labute approximate surface area is 87.5 Å². The van der Waals surface area contributed by atoms with Crippen molar-refractivity contribution in [1.29, 1.82) is 0 Å². The maximum absolute atomic E-state index is 2.24. The second kappa shape index (κ2) is 3.10. The average molecular weight is 198 g/mol. The summed E-state index contributed by atoms with van der Waals surface area (Å²) in [7, 11) is 0. The smallest absolute Gasteiger partial charge is 0.0345 e. The Balaban J connectivity index is 2.22. The molecule has 1 aliphatic carbocycles. The van der Waals surface area contributed by atoms with Crippen molar-refractivity contribution < 1.29 is 0 Å². The number of thiophene rings is 1. The van der Waals surface area contributed by atoms with E-state index < -0.39 is 0 Å². The lowest BCUT2D eigenvalue weighted by Crippen LogP contribution is -1.85. The van der Waals surface area contributed by atoms with Gasteiger partial charge < -0.3 is 0 Å². The summed E-state index contributed by atoms with van der Waals surface area (Å²) in [6.45, 7) is 0. The van der Waals surface area contributed by atoms with Crippen LogP contribution in [0.1, 0.15) is 11.1 Å². The van der Waals surface area contributed by atoms with Crippen LogP contribution in [-0.2, 0) is 6.42 Å². The van der Waals surface area contributed by atoms with E-state index in [9.17, 15) is 0 Å². The number of hydrogen-bond acceptors (Lipinski definition) is 1. The zero-order chi connectivity index (χ0) is 9.38. The van der Waals surface area contributed by atoms with Gasteiger partial charge in [-0.3, -0.25) is 0 Å². The minimum absolute atomic E-state index is 1.09. The first-order chi connectivity index (χ1) is 6.95. The number of benzene rings is 1. The van der Waals surface area contributed by atoms with Gasteiger partial charge in [-0.2, -0.15) is 0 Å². The Bertz CT molecular complexity index is 478. The molecule has 0 saturated carbocycles. The zero-order valence-corrected chi connectivity index (χ0v) is 8.55. The molecule has 0 N–H and O–H groups in total. The van der Waals surface area contributed by atoms with E-state index in [1.54, 1.807) is 0 Å². The van der Waals surface area contributed by atoms with Gasteiger partial charge in [0.2, 0.25) is 0 Å². The molecule has 3 rings (SSSR count). The Kier molecular flexibility index (Phi) is 1.78. The fourth-order valence-corrected chi connectivity index (χ4v) is 2.73. The predicted molar refractivity (Wildman–Crippen MR) is 62.5 cm³/mol. The fraction of sp³-hybridized carbons (Fsp3) is 0.0769. The van der Waals surface area contributed by atoms with Crippen LogP contribution in [-0.4, -0.2) is 0 Å². The quantitative estimate of drug-likeness (QED) is 0.650. The Morgan fingerprint density at radius 1 is 1.07 bits per heavy atom. The highest BCUT2D eigenvalue weighted by Gasteiger charge is 2.11. The van der Waals surface area contributed by atoms with Gasteiger partial charge in [-0.1, -0.05) is 36.4 Å². The molecule has 0 unspecified atom stereocenters.